The molecule has 0 bridgehead atoms. The van der Waals surface area contributed by atoms with Crippen molar-refractivity contribution >= 4 is 5.97 Å². The number of benzene rings is 2. The number of phenols is 1. The Morgan fingerprint density at radius 2 is 1.69 bits per heavy atom. The van der Waals surface area contributed by atoms with Crippen molar-refractivity contribution in [2.24, 2.45) is 0 Å². The first-order chi connectivity index (χ1) is 12.5. The zero-order valence-corrected chi connectivity index (χ0v) is 15.4. The van der Waals surface area contributed by atoms with Crippen molar-refractivity contribution in [2.45, 2.75) is 25.9 Å². The minimum atomic E-state index is -0.425. The average molecular weight is 360 g/mol. The summed E-state index contributed by atoms with van der Waals surface area (Å²) in [4.78, 5) is 11.5. The fraction of sp³-hybridized carbons (Fsp3) is 0.350. The van der Waals surface area contributed by atoms with E-state index in [0.717, 1.165) is 5.56 Å². The molecule has 2 aromatic rings. The number of ether oxygens (including phenoxy) is 4. The molecule has 0 fully saturated rings. The van der Waals surface area contributed by atoms with Crippen molar-refractivity contribution in [1.29, 1.82) is 0 Å². The number of phenolic OH excluding ortho intramolecular Hbond substituents is 1. The molecule has 0 saturated carbocycles. The van der Waals surface area contributed by atoms with Gasteiger partial charge in [-0.3, -0.25) is 4.79 Å². The van der Waals surface area contributed by atoms with Crippen LogP contribution in [0.4, 0.5) is 0 Å². The molecule has 1 N–H and O–H groups in total. The van der Waals surface area contributed by atoms with E-state index < -0.39 is 6.10 Å². The first-order valence-corrected chi connectivity index (χ1v) is 8.24. The number of hydrogen-bond donors (Lipinski definition) is 1. The summed E-state index contributed by atoms with van der Waals surface area (Å²) in [6.07, 6.45) is 0.469. The maximum absolute atomic E-state index is 11.5. The molecular weight excluding hydrogens is 336 g/mol. The second-order valence-corrected chi connectivity index (χ2v) is 5.69. The average Bonchev–Trinajstić information content (AvgIpc) is 2.65. The van der Waals surface area contributed by atoms with Gasteiger partial charge in [-0.2, -0.15) is 0 Å². The number of esters is 1. The van der Waals surface area contributed by atoms with E-state index in [-0.39, 0.29) is 17.5 Å². The quantitative estimate of drug-likeness (QED) is 0.724. The SMILES string of the molecule is COc1cc(OC)c(OC)c(O)c1CCC(OC(C)=O)c1ccccc1. The van der Waals surface area contributed by atoms with E-state index >= 15 is 0 Å². The van der Waals surface area contributed by atoms with Gasteiger partial charge in [0.1, 0.15) is 11.9 Å². The fourth-order valence-corrected chi connectivity index (χ4v) is 2.85. The highest BCUT2D eigenvalue weighted by Crippen LogP contribution is 2.45. The van der Waals surface area contributed by atoms with E-state index in [2.05, 4.69) is 0 Å². The molecule has 0 saturated heterocycles. The number of rotatable bonds is 8. The summed E-state index contributed by atoms with van der Waals surface area (Å²) in [5.74, 6) is 0.702. The zero-order chi connectivity index (χ0) is 19.1. The number of carbonyl (C=O) groups excluding carboxylic acids is 1. The molecule has 2 rings (SSSR count). The van der Waals surface area contributed by atoms with Gasteiger partial charge >= 0.3 is 5.97 Å². The first-order valence-electron chi connectivity index (χ1n) is 8.24. The Hall–Kier alpha value is -2.89. The summed E-state index contributed by atoms with van der Waals surface area (Å²) < 4.78 is 21.3. The molecule has 2 aromatic carbocycles. The minimum absolute atomic E-state index is 0.0432. The summed E-state index contributed by atoms with van der Waals surface area (Å²) in [6.45, 7) is 1.38. The van der Waals surface area contributed by atoms with Crippen LogP contribution >= 0.6 is 0 Å². The van der Waals surface area contributed by atoms with Crippen LogP contribution in [0.3, 0.4) is 0 Å². The van der Waals surface area contributed by atoms with Crippen molar-refractivity contribution in [3.05, 3.63) is 47.5 Å². The summed E-state index contributed by atoms with van der Waals surface area (Å²) in [7, 11) is 4.47. The van der Waals surface area contributed by atoms with Gasteiger partial charge in [-0.15, -0.1) is 0 Å². The van der Waals surface area contributed by atoms with Crippen LogP contribution < -0.4 is 14.2 Å². The van der Waals surface area contributed by atoms with E-state index in [9.17, 15) is 9.90 Å². The zero-order valence-electron chi connectivity index (χ0n) is 15.4. The number of hydrogen-bond acceptors (Lipinski definition) is 6. The molecule has 0 heterocycles. The second kappa shape index (κ2) is 8.99. The smallest absolute Gasteiger partial charge is 0.303 e. The van der Waals surface area contributed by atoms with Crippen LogP contribution in [0.1, 0.15) is 30.6 Å². The van der Waals surface area contributed by atoms with E-state index in [1.54, 1.807) is 6.07 Å². The predicted octanol–water partition coefficient (Wildman–Crippen LogP) is 3.66. The van der Waals surface area contributed by atoms with Gasteiger partial charge in [0.2, 0.25) is 5.75 Å². The number of carbonyl (C=O) groups is 1. The monoisotopic (exact) mass is 360 g/mol. The van der Waals surface area contributed by atoms with Gasteiger partial charge in [0.05, 0.1) is 21.3 Å². The van der Waals surface area contributed by atoms with Crippen LogP contribution in [-0.4, -0.2) is 32.4 Å². The van der Waals surface area contributed by atoms with Crippen LogP contribution in [0.5, 0.6) is 23.0 Å². The standard InChI is InChI=1S/C20H24O6/c1-13(21)26-16(14-8-6-5-7-9-14)11-10-15-17(23-2)12-18(24-3)20(25-4)19(15)22/h5-9,12,16,22H,10-11H2,1-4H3. The van der Waals surface area contributed by atoms with Gasteiger partial charge in [-0.1, -0.05) is 30.3 Å². The van der Waals surface area contributed by atoms with Crippen LogP contribution in [0.15, 0.2) is 36.4 Å². The Kier molecular flexibility index (Phi) is 6.72. The van der Waals surface area contributed by atoms with Gasteiger partial charge < -0.3 is 24.1 Å². The van der Waals surface area contributed by atoms with Crippen LogP contribution in [0, 0.1) is 0 Å². The molecule has 6 heteroatoms. The third-order valence-corrected chi connectivity index (χ3v) is 4.06. The third kappa shape index (κ3) is 4.39. The van der Waals surface area contributed by atoms with E-state index in [1.165, 1.54) is 28.3 Å². The maximum Gasteiger partial charge on any atom is 0.303 e. The molecule has 0 radical (unpaired) electrons. The highest BCUT2D eigenvalue weighted by atomic mass is 16.5. The largest absolute Gasteiger partial charge is 0.504 e. The molecule has 0 spiro atoms. The van der Waals surface area contributed by atoms with Crippen LogP contribution in [-0.2, 0) is 16.0 Å². The highest BCUT2D eigenvalue weighted by molar-refractivity contribution is 5.66. The number of aromatic hydroxyl groups is 1. The normalized spacial score (nSPS) is 11.5. The summed E-state index contributed by atoms with van der Waals surface area (Å²) in [6, 6.07) is 11.1. The summed E-state index contributed by atoms with van der Waals surface area (Å²) in [5, 5.41) is 10.6. The first kappa shape index (κ1) is 19.4. The van der Waals surface area contributed by atoms with E-state index in [1.807, 2.05) is 30.3 Å². The molecule has 26 heavy (non-hydrogen) atoms. The van der Waals surface area contributed by atoms with Gasteiger partial charge in [0, 0.05) is 18.6 Å². The lowest BCUT2D eigenvalue weighted by molar-refractivity contribution is -0.147. The van der Waals surface area contributed by atoms with Crippen LogP contribution in [0.25, 0.3) is 0 Å². The molecule has 1 unspecified atom stereocenters. The van der Waals surface area contributed by atoms with Crippen molar-refractivity contribution in [1.82, 2.24) is 0 Å². The van der Waals surface area contributed by atoms with Crippen molar-refractivity contribution in [3.63, 3.8) is 0 Å². The Morgan fingerprint density at radius 3 is 2.23 bits per heavy atom. The van der Waals surface area contributed by atoms with E-state index in [4.69, 9.17) is 18.9 Å². The molecule has 0 aliphatic heterocycles. The van der Waals surface area contributed by atoms with Crippen molar-refractivity contribution in [2.75, 3.05) is 21.3 Å². The maximum atomic E-state index is 11.5. The lowest BCUT2D eigenvalue weighted by atomic mass is 9.99. The molecule has 0 aliphatic carbocycles. The summed E-state index contributed by atoms with van der Waals surface area (Å²) in [5.41, 5.74) is 1.46. The Bertz CT molecular complexity index is 742. The Morgan fingerprint density at radius 1 is 1.04 bits per heavy atom. The van der Waals surface area contributed by atoms with Gasteiger partial charge in [0.25, 0.3) is 0 Å². The van der Waals surface area contributed by atoms with Gasteiger partial charge in [-0.05, 0) is 18.4 Å². The topological polar surface area (TPSA) is 74.2 Å². The van der Waals surface area contributed by atoms with Gasteiger partial charge in [-0.25, -0.2) is 0 Å². The molecule has 6 nitrogen and oxygen atoms in total. The lowest BCUT2D eigenvalue weighted by Gasteiger charge is -2.20. The highest BCUT2D eigenvalue weighted by Gasteiger charge is 2.22. The summed E-state index contributed by atoms with van der Waals surface area (Å²) >= 11 is 0. The minimum Gasteiger partial charge on any atom is -0.504 e. The Balaban J connectivity index is 2.32. The third-order valence-electron chi connectivity index (χ3n) is 4.06. The second-order valence-electron chi connectivity index (χ2n) is 5.69. The molecule has 140 valence electrons. The Labute approximate surface area is 153 Å². The van der Waals surface area contributed by atoms with Crippen LogP contribution in [0.2, 0.25) is 0 Å². The fourth-order valence-electron chi connectivity index (χ4n) is 2.85. The molecule has 0 aliphatic rings. The molecule has 0 amide bonds. The predicted molar refractivity (Wildman–Crippen MR) is 97.0 cm³/mol. The number of methoxy groups -OCH3 is 3. The van der Waals surface area contributed by atoms with Gasteiger partial charge in [0.15, 0.2) is 11.5 Å². The molecular formula is C20H24O6. The lowest BCUT2D eigenvalue weighted by Crippen LogP contribution is -2.10. The van der Waals surface area contributed by atoms with E-state index in [0.29, 0.717) is 29.9 Å². The van der Waals surface area contributed by atoms with Crippen molar-refractivity contribution < 1.29 is 28.8 Å². The van der Waals surface area contributed by atoms with Crippen molar-refractivity contribution in [3.8, 4) is 23.0 Å². The molecule has 1 atom stereocenters. The molecule has 0 aromatic heterocycles.